The van der Waals surface area contributed by atoms with Crippen LogP contribution in [-0.4, -0.2) is 60.5 Å². The van der Waals surface area contributed by atoms with Gasteiger partial charge in [0.1, 0.15) is 0 Å². The number of hydrogen-bond acceptors (Lipinski definition) is 3. The second-order valence-corrected chi connectivity index (χ2v) is 8.83. The minimum atomic E-state index is 0.165. The number of carbonyl (C=O) groups is 1. The SMILES string of the molecule is CN(C)C(=O)CC1(N2CCC(N[C@@H]3C[C@H]3c3ccccc3)CC2)CCC1. The smallest absolute Gasteiger partial charge is 0.223 e. The fourth-order valence-corrected chi connectivity index (χ4v) is 4.90. The molecule has 0 unspecified atom stereocenters. The van der Waals surface area contributed by atoms with Gasteiger partial charge in [0.2, 0.25) is 5.91 Å². The van der Waals surface area contributed by atoms with Crippen LogP contribution in [0.25, 0.3) is 0 Å². The van der Waals surface area contributed by atoms with Gasteiger partial charge in [-0.15, -0.1) is 0 Å². The van der Waals surface area contributed by atoms with Crippen molar-refractivity contribution in [1.29, 1.82) is 0 Å². The summed E-state index contributed by atoms with van der Waals surface area (Å²) in [5.74, 6) is 0.999. The molecule has 2 aliphatic carbocycles. The van der Waals surface area contributed by atoms with Gasteiger partial charge in [-0.25, -0.2) is 0 Å². The first kappa shape index (κ1) is 18.0. The van der Waals surface area contributed by atoms with Crippen LogP contribution in [0.3, 0.4) is 0 Å². The Balaban J connectivity index is 1.26. The summed E-state index contributed by atoms with van der Waals surface area (Å²) < 4.78 is 0. The average Bonchev–Trinajstić information content (AvgIpc) is 3.38. The molecule has 1 amide bonds. The maximum Gasteiger partial charge on any atom is 0.223 e. The molecule has 142 valence electrons. The fraction of sp³-hybridized carbons (Fsp3) is 0.682. The van der Waals surface area contributed by atoms with Crippen molar-refractivity contribution in [1.82, 2.24) is 15.1 Å². The summed E-state index contributed by atoms with van der Waals surface area (Å²) >= 11 is 0. The topological polar surface area (TPSA) is 35.6 Å². The lowest BCUT2D eigenvalue weighted by atomic mass is 9.71. The van der Waals surface area contributed by atoms with Crippen LogP contribution in [0.5, 0.6) is 0 Å². The third-order valence-corrected chi connectivity index (χ3v) is 6.90. The summed E-state index contributed by atoms with van der Waals surface area (Å²) in [5, 5.41) is 3.91. The highest BCUT2D eigenvalue weighted by Crippen LogP contribution is 2.44. The molecule has 1 heterocycles. The maximum absolute atomic E-state index is 12.3. The van der Waals surface area contributed by atoms with Crippen LogP contribution < -0.4 is 5.32 Å². The number of hydrogen-bond donors (Lipinski definition) is 1. The molecule has 4 nitrogen and oxygen atoms in total. The van der Waals surface area contributed by atoms with Gasteiger partial charge < -0.3 is 10.2 Å². The summed E-state index contributed by atoms with van der Waals surface area (Å²) in [7, 11) is 3.76. The van der Waals surface area contributed by atoms with E-state index in [1.807, 2.05) is 14.1 Å². The number of benzene rings is 1. The minimum absolute atomic E-state index is 0.165. The normalized spacial score (nSPS) is 28.4. The van der Waals surface area contributed by atoms with E-state index in [0.717, 1.165) is 13.1 Å². The van der Waals surface area contributed by atoms with Gasteiger partial charge in [0.05, 0.1) is 0 Å². The van der Waals surface area contributed by atoms with Gasteiger partial charge in [-0.1, -0.05) is 30.3 Å². The average molecular weight is 356 g/mol. The molecule has 0 bridgehead atoms. The minimum Gasteiger partial charge on any atom is -0.349 e. The van der Waals surface area contributed by atoms with Crippen LogP contribution in [-0.2, 0) is 4.79 Å². The van der Waals surface area contributed by atoms with Crippen molar-refractivity contribution in [3.63, 3.8) is 0 Å². The largest absolute Gasteiger partial charge is 0.349 e. The van der Waals surface area contributed by atoms with Gasteiger partial charge >= 0.3 is 0 Å². The molecule has 0 radical (unpaired) electrons. The number of nitrogens with zero attached hydrogens (tertiary/aromatic N) is 2. The van der Waals surface area contributed by atoms with E-state index in [1.54, 1.807) is 4.90 Å². The van der Waals surface area contributed by atoms with Crippen LogP contribution in [0.1, 0.15) is 56.4 Å². The van der Waals surface area contributed by atoms with E-state index in [0.29, 0.717) is 24.4 Å². The molecule has 3 aliphatic rings. The molecule has 3 fully saturated rings. The van der Waals surface area contributed by atoms with Crippen LogP contribution >= 0.6 is 0 Å². The Kier molecular flexibility index (Phi) is 5.07. The Morgan fingerprint density at radius 2 is 1.88 bits per heavy atom. The van der Waals surface area contributed by atoms with Gasteiger partial charge in [-0.3, -0.25) is 9.69 Å². The van der Waals surface area contributed by atoms with Crippen LogP contribution in [0.2, 0.25) is 0 Å². The summed E-state index contributed by atoms with van der Waals surface area (Å²) in [4.78, 5) is 16.7. The van der Waals surface area contributed by atoms with E-state index in [9.17, 15) is 4.79 Å². The third-order valence-electron chi connectivity index (χ3n) is 6.90. The van der Waals surface area contributed by atoms with E-state index < -0.39 is 0 Å². The Bertz CT molecular complexity index is 618. The molecule has 1 aromatic rings. The lowest BCUT2D eigenvalue weighted by molar-refractivity contribution is -0.134. The number of nitrogens with one attached hydrogen (secondary N) is 1. The molecule has 1 aliphatic heterocycles. The zero-order valence-electron chi connectivity index (χ0n) is 16.3. The van der Waals surface area contributed by atoms with Crippen LogP contribution in [0, 0.1) is 0 Å². The number of likely N-dealkylation sites (tertiary alicyclic amines) is 1. The van der Waals surface area contributed by atoms with Gasteiger partial charge in [-0.05, 0) is 44.1 Å². The first-order valence-electron chi connectivity index (χ1n) is 10.3. The summed E-state index contributed by atoms with van der Waals surface area (Å²) in [6, 6.07) is 12.2. The number of rotatable bonds is 6. The third kappa shape index (κ3) is 3.67. The summed E-state index contributed by atoms with van der Waals surface area (Å²) in [6.07, 6.45) is 8.10. The zero-order chi connectivity index (χ0) is 18.1. The van der Waals surface area contributed by atoms with E-state index >= 15 is 0 Å². The van der Waals surface area contributed by atoms with Crippen molar-refractivity contribution in [2.24, 2.45) is 0 Å². The standard InChI is InChI=1S/C22H33N3O/c1-24(2)21(26)16-22(11-6-12-22)25-13-9-18(10-14-25)23-20-15-19(20)17-7-4-3-5-8-17/h3-5,7-8,18-20,23H,6,9-16H2,1-2H3/t19-,20+/m0/s1. The Hall–Kier alpha value is -1.39. The molecule has 0 spiro atoms. The van der Waals surface area contributed by atoms with Gasteiger partial charge in [0.15, 0.2) is 0 Å². The highest BCUT2D eigenvalue weighted by atomic mass is 16.2. The van der Waals surface area contributed by atoms with Crippen molar-refractivity contribution in [2.75, 3.05) is 27.2 Å². The van der Waals surface area contributed by atoms with Gasteiger partial charge in [0.25, 0.3) is 0 Å². The monoisotopic (exact) mass is 355 g/mol. The van der Waals surface area contributed by atoms with Gasteiger partial charge in [-0.2, -0.15) is 0 Å². The van der Waals surface area contributed by atoms with Crippen molar-refractivity contribution in [3.05, 3.63) is 35.9 Å². The summed E-state index contributed by atoms with van der Waals surface area (Å²) in [6.45, 7) is 2.28. The van der Waals surface area contributed by atoms with Gasteiger partial charge in [0, 0.05) is 57.1 Å². The van der Waals surface area contributed by atoms with E-state index in [1.165, 1.54) is 44.1 Å². The molecule has 26 heavy (non-hydrogen) atoms. The zero-order valence-corrected chi connectivity index (χ0v) is 16.3. The van der Waals surface area contributed by atoms with Crippen molar-refractivity contribution < 1.29 is 4.79 Å². The molecular weight excluding hydrogens is 322 g/mol. The van der Waals surface area contributed by atoms with E-state index in [-0.39, 0.29) is 11.4 Å². The number of carbonyl (C=O) groups excluding carboxylic acids is 1. The quantitative estimate of drug-likeness (QED) is 0.852. The first-order chi connectivity index (χ1) is 12.6. The molecule has 4 heteroatoms. The predicted octanol–water partition coefficient (Wildman–Crippen LogP) is 3.00. The number of amides is 1. The van der Waals surface area contributed by atoms with Crippen molar-refractivity contribution >= 4 is 5.91 Å². The lowest BCUT2D eigenvalue weighted by Gasteiger charge is -2.52. The lowest BCUT2D eigenvalue weighted by Crippen LogP contribution is -2.59. The molecule has 1 aromatic carbocycles. The van der Waals surface area contributed by atoms with Crippen LogP contribution in [0.4, 0.5) is 0 Å². The molecule has 4 rings (SSSR count). The molecule has 1 saturated heterocycles. The van der Waals surface area contributed by atoms with E-state index in [4.69, 9.17) is 0 Å². The molecular formula is C22H33N3O. The predicted molar refractivity (Wildman–Crippen MR) is 105 cm³/mol. The molecule has 2 atom stereocenters. The second-order valence-electron chi connectivity index (χ2n) is 8.83. The Morgan fingerprint density at radius 3 is 2.46 bits per heavy atom. The highest BCUT2D eigenvalue weighted by molar-refractivity contribution is 5.77. The molecule has 1 N–H and O–H groups in total. The first-order valence-corrected chi connectivity index (χ1v) is 10.3. The Morgan fingerprint density at radius 1 is 1.19 bits per heavy atom. The van der Waals surface area contributed by atoms with Crippen molar-refractivity contribution in [3.8, 4) is 0 Å². The Labute approximate surface area is 157 Å². The van der Waals surface area contributed by atoms with E-state index in [2.05, 4.69) is 40.5 Å². The van der Waals surface area contributed by atoms with Crippen molar-refractivity contribution in [2.45, 2.75) is 68.5 Å². The molecule has 0 aromatic heterocycles. The highest BCUT2D eigenvalue weighted by Gasteiger charge is 2.46. The molecule has 2 saturated carbocycles. The van der Waals surface area contributed by atoms with Crippen LogP contribution in [0.15, 0.2) is 30.3 Å². The summed E-state index contributed by atoms with van der Waals surface area (Å²) in [5.41, 5.74) is 1.65. The fourth-order valence-electron chi connectivity index (χ4n) is 4.90. The maximum atomic E-state index is 12.3. The number of piperidine rings is 1. The second kappa shape index (κ2) is 7.32.